The zero-order valence-corrected chi connectivity index (χ0v) is 15.9. The first-order valence-electron chi connectivity index (χ1n) is 9.48. The first-order chi connectivity index (χ1) is 13.0. The number of para-hydroxylation sites is 1. The van der Waals surface area contributed by atoms with E-state index in [0.717, 1.165) is 17.7 Å². The van der Waals surface area contributed by atoms with Crippen LogP contribution in [0.5, 0.6) is 5.75 Å². The van der Waals surface area contributed by atoms with Crippen LogP contribution >= 0.6 is 0 Å². The van der Waals surface area contributed by atoms with Gasteiger partial charge in [0.05, 0.1) is 5.69 Å². The molecule has 0 N–H and O–H groups in total. The molecule has 2 aliphatic heterocycles. The van der Waals surface area contributed by atoms with E-state index in [0.29, 0.717) is 17.9 Å². The summed E-state index contributed by atoms with van der Waals surface area (Å²) in [4.78, 5) is 29.6. The highest BCUT2D eigenvalue weighted by Gasteiger charge is 2.37. The summed E-state index contributed by atoms with van der Waals surface area (Å²) in [7, 11) is 0. The smallest absolute Gasteiger partial charge is 0.268 e. The number of carbonyl (C=O) groups is 2. The van der Waals surface area contributed by atoms with Gasteiger partial charge in [-0.1, -0.05) is 31.2 Å². The van der Waals surface area contributed by atoms with E-state index < -0.39 is 6.10 Å². The molecule has 27 heavy (non-hydrogen) atoms. The standard InChI is InChI=1S/C22H24N2O3/c1-4-19-22(26)23(18-11-14(2)9-10-20(18)27-19)13-21(25)24-15(3)12-16-7-5-6-8-17(16)24/h5-11,15,19H,4,12-13H2,1-3H3/t15-,19-/m0/s1. The molecule has 2 aromatic carbocycles. The summed E-state index contributed by atoms with van der Waals surface area (Å²) in [6.07, 6.45) is 0.864. The number of rotatable bonds is 3. The van der Waals surface area contributed by atoms with Gasteiger partial charge in [-0.2, -0.15) is 0 Å². The van der Waals surface area contributed by atoms with Crippen molar-refractivity contribution in [3.63, 3.8) is 0 Å². The van der Waals surface area contributed by atoms with Crippen molar-refractivity contribution in [2.24, 2.45) is 0 Å². The molecule has 0 aromatic heterocycles. The Morgan fingerprint density at radius 1 is 1.19 bits per heavy atom. The summed E-state index contributed by atoms with van der Waals surface area (Å²) in [5.74, 6) is 0.448. The van der Waals surface area contributed by atoms with Crippen LogP contribution < -0.4 is 14.5 Å². The molecule has 2 aliphatic rings. The molecule has 0 unspecified atom stereocenters. The molecule has 0 bridgehead atoms. The minimum absolute atomic E-state index is 0.0216. The highest BCUT2D eigenvalue weighted by atomic mass is 16.5. The van der Waals surface area contributed by atoms with E-state index in [1.807, 2.05) is 62.1 Å². The van der Waals surface area contributed by atoms with E-state index in [1.54, 1.807) is 4.90 Å². The highest BCUT2D eigenvalue weighted by Crippen LogP contribution is 2.37. The molecule has 140 valence electrons. The van der Waals surface area contributed by atoms with Gasteiger partial charge in [0.1, 0.15) is 12.3 Å². The number of hydrogen-bond acceptors (Lipinski definition) is 3. The normalized spacial score (nSPS) is 20.9. The van der Waals surface area contributed by atoms with Crippen LogP contribution in [0.15, 0.2) is 42.5 Å². The topological polar surface area (TPSA) is 49.9 Å². The van der Waals surface area contributed by atoms with Gasteiger partial charge in [-0.15, -0.1) is 0 Å². The van der Waals surface area contributed by atoms with E-state index in [1.165, 1.54) is 5.56 Å². The molecule has 5 heteroatoms. The number of amides is 2. The molecule has 0 radical (unpaired) electrons. The summed E-state index contributed by atoms with van der Waals surface area (Å²) in [6, 6.07) is 13.8. The molecule has 2 amide bonds. The molecule has 5 nitrogen and oxygen atoms in total. The van der Waals surface area contributed by atoms with Gasteiger partial charge < -0.3 is 9.64 Å². The van der Waals surface area contributed by atoms with Crippen LogP contribution in [-0.2, 0) is 16.0 Å². The first kappa shape index (κ1) is 17.6. The lowest BCUT2D eigenvalue weighted by atomic mass is 10.1. The maximum Gasteiger partial charge on any atom is 0.268 e. The molecule has 4 rings (SSSR count). The van der Waals surface area contributed by atoms with Crippen LogP contribution in [-0.4, -0.2) is 30.5 Å². The molecule has 2 aromatic rings. The number of nitrogens with zero attached hydrogens (tertiary/aromatic N) is 2. The Kier molecular flexibility index (Phi) is 4.38. The van der Waals surface area contributed by atoms with Crippen LogP contribution in [0.1, 0.15) is 31.4 Å². The van der Waals surface area contributed by atoms with Crippen LogP contribution in [0.4, 0.5) is 11.4 Å². The third kappa shape index (κ3) is 2.97. The summed E-state index contributed by atoms with van der Waals surface area (Å²) >= 11 is 0. The van der Waals surface area contributed by atoms with Gasteiger partial charge in [-0.25, -0.2) is 0 Å². The fourth-order valence-corrected chi connectivity index (χ4v) is 4.01. The summed E-state index contributed by atoms with van der Waals surface area (Å²) in [5, 5.41) is 0. The SMILES string of the molecule is CC[C@@H]1Oc2ccc(C)cc2N(CC(=O)N2c3ccccc3C[C@@H]2C)C1=O. The number of ether oxygens (including phenoxy) is 1. The fourth-order valence-electron chi connectivity index (χ4n) is 4.01. The Balaban J connectivity index is 1.66. The van der Waals surface area contributed by atoms with Gasteiger partial charge in [-0.3, -0.25) is 14.5 Å². The lowest BCUT2D eigenvalue weighted by Gasteiger charge is -2.35. The Hall–Kier alpha value is -2.82. The second-order valence-corrected chi connectivity index (χ2v) is 7.36. The van der Waals surface area contributed by atoms with Crippen molar-refractivity contribution in [2.45, 2.75) is 45.8 Å². The molecule has 0 spiro atoms. The van der Waals surface area contributed by atoms with Crippen molar-refractivity contribution in [3.8, 4) is 5.75 Å². The average molecular weight is 364 g/mol. The Bertz CT molecular complexity index is 908. The van der Waals surface area contributed by atoms with Gasteiger partial charge in [0.25, 0.3) is 5.91 Å². The van der Waals surface area contributed by atoms with Gasteiger partial charge in [-0.05, 0) is 56.0 Å². The van der Waals surface area contributed by atoms with E-state index in [9.17, 15) is 9.59 Å². The quantitative estimate of drug-likeness (QED) is 0.838. The third-order valence-corrected chi connectivity index (χ3v) is 5.36. The number of benzene rings is 2. The van der Waals surface area contributed by atoms with Crippen LogP contribution in [0, 0.1) is 6.92 Å². The lowest BCUT2D eigenvalue weighted by molar-refractivity contribution is -0.128. The Labute approximate surface area is 159 Å². The van der Waals surface area contributed by atoms with E-state index >= 15 is 0 Å². The molecule has 2 atom stereocenters. The first-order valence-corrected chi connectivity index (χ1v) is 9.48. The molecule has 0 aliphatic carbocycles. The predicted molar refractivity (Wildman–Crippen MR) is 105 cm³/mol. The lowest BCUT2D eigenvalue weighted by Crippen LogP contribution is -2.51. The number of hydrogen-bond donors (Lipinski definition) is 0. The van der Waals surface area contributed by atoms with Crippen molar-refractivity contribution in [1.29, 1.82) is 0 Å². The van der Waals surface area contributed by atoms with Gasteiger partial charge in [0.2, 0.25) is 5.91 Å². The number of aryl methyl sites for hydroxylation is 1. The molecule has 0 fully saturated rings. The predicted octanol–water partition coefficient (Wildman–Crippen LogP) is 3.48. The zero-order valence-electron chi connectivity index (χ0n) is 15.9. The van der Waals surface area contributed by atoms with Crippen molar-refractivity contribution in [1.82, 2.24) is 0 Å². The van der Waals surface area contributed by atoms with Crippen LogP contribution in [0.25, 0.3) is 0 Å². The van der Waals surface area contributed by atoms with E-state index in [2.05, 4.69) is 6.07 Å². The van der Waals surface area contributed by atoms with E-state index in [-0.39, 0.29) is 24.4 Å². The minimum Gasteiger partial charge on any atom is -0.478 e. The zero-order chi connectivity index (χ0) is 19.1. The number of carbonyl (C=O) groups excluding carboxylic acids is 2. The molecule has 0 saturated carbocycles. The van der Waals surface area contributed by atoms with Gasteiger partial charge in [0, 0.05) is 11.7 Å². The molecule has 0 saturated heterocycles. The minimum atomic E-state index is -0.545. The third-order valence-electron chi connectivity index (χ3n) is 5.36. The molecular formula is C22H24N2O3. The fraction of sp³-hybridized carbons (Fsp3) is 0.364. The second-order valence-electron chi connectivity index (χ2n) is 7.36. The largest absolute Gasteiger partial charge is 0.478 e. The maximum absolute atomic E-state index is 13.2. The van der Waals surface area contributed by atoms with Crippen molar-refractivity contribution < 1.29 is 14.3 Å². The summed E-state index contributed by atoms with van der Waals surface area (Å²) in [5.41, 5.74) is 3.83. The van der Waals surface area contributed by atoms with E-state index in [4.69, 9.17) is 4.74 Å². The maximum atomic E-state index is 13.2. The van der Waals surface area contributed by atoms with Crippen LogP contribution in [0.3, 0.4) is 0 Å². The van der Waals surface area contributed by atoms with Gasteiger partial charge in [0.15, 0.2) is 6.10 Å². The Morgan fingerprint density at radius 3 is 2.74 bits per heavy atom. The molecular weight excluding hydrogens is 340 g/mol. The highest BCUT2D eigenvalue weighted by molar-refractivity contribution is 6.07. The van der Waals surface area contributed by atoms with Crippen LogP contribution in [0.2, 0.25) is 0 Å². The van der Waals surface area contributed by atoms with Crippen molar-refractivity contribution >= 4 is 23.2 Å². The van der Waals surface area contributed by atoms with Gasteiger partial charge >= 0.3 is 0 Å². The Morgan fingerprint density at radius 2 is 1.96 bits per heavy atom. The average Bonchev–Trinajstić information content (AvgIpc) is 2.99. The summed E-state index contributed by atoms with van der Waals surface area (Å²) < 4.78 is 5.85. The molecule has 2 heterocycles. The number of anilines is 2. The monoisotopic (exact) mass is 364 g/mol. The van der Waals surface area contributed by atoms with Crippen molar-refractivity contribution in [3.05, 3.63) is 53.6 Å². The number of fused-ring (bicyclic) bond motifs is 2. The second kappa shape index (κ2) is 6.72. The summed E-state index contributed by atoms with van der Waals surface area (Å²) in [6.45, 7) is 5.95. The van der Waals surface area contributed by atoms with Crippen molar-refractivity contribution in [2.75, 3.05) is 16.3 Å².